The number of rotatable bonds is 4. The van der Waals surface area contributed by atoms with Crippen LogP contribution in [0.25, 0.3) is 0 Å². The molecule has 0 spiro atoms. The van der Waals surface area contributed by atoms with Crippen LogP contribution in [0.1, 0.15) is 70.6 Å². The summed E-state index contributed by atoms with van der Waals surface area (Å²) in [5.41, 5.74) is 6.13. The van der Waals surface area contributed by atoms with Gasteiger partial charge in [-0.15, -0.1) is 0 Å². The van der Waals surface area contributed by atoms with E-state index < -0.39 is 0 Å². The molecule has 0 radical (unpaired) electrons. The van der Waals surface area contributed by atoms with E-state index in [1.807, 2.05) is 0 Å². The van der Waals surface area contributed by atoms with Crippen LogP contribution in [0.3, 0.4) is 0 Å². The van der Waals surface area contributed by atoms with Gasteiger partial charge in [0.15, 0.2) is 0 Å². The zero-order chi connectivity index (χ0) is 13.6. The molecule has 110 valence electrons. The van der Waals surface area contributed by atoms with Crippen molar-refractivity contribution >= 4 is 5.91 Å². The summed E-state index contributed by atoms with van der Waals surface area (Å²) in [5, 5.41) is 3.22. The number of amides is 1. The third kappa shape index (κ3) is 4.20. The molecule has 2 aliphatic rings. The van der Waals surface area contributed by atoms with Gasteiger partial charge in [-0.25, -0.2) is 0 Å². The van der Waals surface area contributed by atoms with E-state index >= 15 is 0 Å². The highest BCUT2D eigenvalue weighted by molar-refractivity contribution is 5.78. The van der Waals surface area contributed by atoms with E-state index in [1.54, 1.807) is 0 Å². The predicted molar refractivity (Wildman–Crippen MR) is 78.8 cm³/mol. The van der Waals surface area contributed by atoms with Crippen LogP contribution in [0.4, 0.5) is 0 Å². The predicted octanol–water partition coefficient (Wildman–Crippen LogP) is 2.98. The zero-order valence-corrected chi connectivity index (χ0v) is 12.3. The fourth-order valence-corrected chi connectivity index (χ4v) is 3.72. The van der Waals surface area contributed by atoms with Crippen LogP contribution in [0.5, 0.6) is 0 Å². The molecule has 2 rings (SSSR count). The fourth-order valence-electron chi connectivity index (χ4n) is 3.72. The number of nitrogens with two attached hydrogens (primary N) is 1. The Hall–Kier alpha value is -0.570. The van der Waals surface area contributed by atoms with Crippen LogP contribution in [-0.2, 0) is 4.79 Å². The van der Waals surface area contributed by atoms with E-state index in [9.17, 15) is 4.79 Å². The van der Waals surface area contributed by atoms with Crippen molar-refractivity contribution in [2.75, 3.05) is 13.1 Å². The Kier molecular flexibility index (Phi) is 5.68. The summed E-state index contributed by atoms with van der Waals surface area (Å²) in [6.07, 6.45) is 13.5. The quantitative estimate of drug-likeness (QED) is 0.822. The van der Waals surface area contributed by atoms with Gasteiger partial charge in [-0.05, 0) is 37.6 Å². The first-order valence-corrected chi connectivity index (χ1v) is 8.24. The summed E-state index contributed by atoms with van der Waals surface area (Å²) in [4.78, 5) is 12.3. The second kappa shape index (κ2) is 7.28. The summed E-state index contributed by atoms with van der Waals surface area (Å²) in [6.45, 7) is 1.52. The van der Waals surface area contributed by atoms with Crippen LogP contribution in [0.15, 0.2) is 0 Å². The van der Waals surface area contributed by atoms with Gasteiger partial charge in [0.2, 0.25) is 5.91 Å². The van der Waals surface area contributed by atoms with Crippen molar-refractivity contribution in [2.24, 2.45) is 17.1 Å². The Morgan fingerprint density at radius 3 is 2.16 bits per heavy atom. The summed E-state index contributed by atoms with van der Waals surface area (Å²) < 4.78 is 0. The van der Waals surface area contributed by atoms with E-state index in [2.05, 4.69) is 5.32 Å². The maximum absolute atomic E-state index is 12.3. The van der Waals surface area contributed by atoms with Gasteiger partial charge in [0.25, 0.3) is 0 Å². The number of hydrogen-bond acceptors (Lipinski definition) is 2. The summed E-state index contributed by atoms with van der Waals surface area (Å²) >= 11 is 0. The molecule has 19 heavy (non-hydrogen) atoms. The lowest BCUT2D eigenvalue weighted by Crippen LogP contribution is -2.42. The number of carbonyl (C=O) groups excluding carboxylic acids is 1. The van der Waals surface area contributed by atoms with Crippen LogP contribution in [-0.4, -0.2) is 19.0 Å². The van der Waals surface area contributed by atoms with E-state index in [0.717, 1.165) is 25.9 Å². The topological polar surface area (TPSA) is 55.1 Å². The molecule has 3 heteroatoms. The maximum Gasteiger partial charge on any atom is 0.223 e. The SMILES string of the molecule is NCC1(CNC(=O)C2CCCCCCC2)CCCC1. The Morgan fingerprint density at radius 2 is 1.58 bits per heavy atom. The Morgan fingerprint density at radius 1 is 1.00 bits per heavy atom. The lowest BCUT2D eigenvalue weighted by molar-refractivity contribution is -0.126. The lowest BCUT2D eigenvalue weighted by atomic mass is 9.85. The lowest BCUT2D eigenvalue weighted by Gasteiger charge is -2.29. The molecule has 0 unspecified atom stereocenters. The highest BCUT2D eigenvalue weighted by atomic mass is 16.1. The molecule has 0 atom stereocenters. The normalized spacial score (nSPS) is 24.7. The van der Waals surface area contributed by atoms with Gasteiger partial charge in [0.05, 0.1) is 0 Å². The molecule has 1 amide bonds. The van der Waals surface area contributed by atoms with Crippen molar-refractivity contribution in [1.82, 2.24) is 5.32 Å². The van der Waals surface area contributed by atoms with Gasteiger partial charge in [0.1, 0.15) is 0 Å². The van der Waals surface area contributed by atoms with Crippen LogP contribution in [0, 0.1) is 11.3 Å². The van der Waals surface area contributed by atoms with Gasteiger partial charge < -0.3 is 11.1 Å². The van der Waals surface area contributed by atoms with Gasteiger partial charge in [-0.3, -0.25) is 4.79 Å². The van der Waals surface area contributed by atoms with Crippen LogP contribution >= 0.6 is 0 Å². The number of nitrogens with one attached hydrogen (secondary N) is 1. The summed E-state index contributed by atoms with van der Waals surface area (Å²) in [6, 6.07) is 0. The molecule has 2 aliphatic carbocycles. The first-order valence-electron chi connectivity index (χ1n) is 8.24. The standard InChI is InChI=1S/C16H30N2O/c17-12-16(10-6-7-11-16)13-18-15(19)14-8-4-2-1-3-5-9-14/h14H,1-13,17H2,(H,18,19). The number of hydrogen-bond donors (Lipinski definition) is 2. The van der Waals surface area contributed by atoms with Gasteiger partial charge in [0, 0.05) is 12.5 Å². The third-order valence-electron chi connectivity index (χ3n) is 5.21. The summed E-state index contributed by atoms with van der Waals surface area (Å²) in [5.74, 6) is 0.554. The third-order valence-corrected chi connectivity index (χ3v) is 5.21. The fraction of sp³-hybridized carbons (Fsp3) is 0.938. The average Bonchev–Trinajstić information content (AvgIpc) is 2.85. The van der Waals surface area contributed by atoms with Crippen molar-refractivity contribution in [3.8, 4) is 0 Å². The Labute approximate surface area is 117 Å². The molecule has 0 heterocycles. The van der Waals surface area contributed by atoms with Crippen molar-refractivity contribution in [3.05, 3.63) is 0 Å². The van der Waals surface area contributed by atoms with E-state index in [0.29, 0.717) is 5.91 Å². The summed E-state index contributed by atoms with van der Waals surface area (Å²) in [7, 11) is 0. The molecule has 3 N–H and O–H groups in total. The molecule has 0 aliphatic heterocycles. The molecule has 2 saturated carbocycles. The van der Waals surface area contributed by atoms with Crippen molar-refractivity contribution < 1.29 is 4.79 Å². The van der Waals surface area contributed by atoms with Crippen molar-refractivity contribution in [2.45, 2.75) is 70.6 Å². The monoisotopic (exact) mass is 266 g/mol. The van der Waals surface area contributed by atoms with Crippen LogP contribution in [0.2, 0.25) is 0 Å². The maximum atomic E-state index is 12.3. The first kappa shape index (κ1) is 14.8. The highest BCUT2D eigenvalue weighted by Crippen LogP contribution is 2.36. The average molecular weight is 266 g/mol. The molecule has 2 fully saturated rings. The Balaban J connectivity index is 1.79. The molecule has 0 aromatic heterocycles. The second-order valence-corrected chi connectivity index (χ2v) is 6.67. The number of carbonyl (C=O) groups is 1. The molecule has 0 aromatic carbocycles. The van der Waals surface area contributed by atoms with Crippen molar-refractivity contribution in [1.29, 1.82) is 0 Å². The van der Waals surface area contributed by atoms with Crippen LogP contribution < -0.4 is 11.1 Å². The minimum Gasteiger partial charge on any atom is -0.355 e. The minimum absolute atomic E-state index is 0.206. The minimum atomic E-state index is 0.206. The van der Waals surface area contributed by atoms with Crippen molar-refractivity contribution in [3.63, 3.8) is 0 Å². The smallest absolute Gasteiger partial charge is 0.223 e. The molecule has 0 bridgehead atoms. The molecule has 3 nitrogen and oxygen atoms in total. The first-order chi connectivity index (χ1) is 9.26. The highest BCUT2D eigenvalue weighted by Gasteiger charge is 2.33. The molecule has 0 aromatic rings. The van der Waals surface area contributed by atoms with E-state index in [4.69, 9.17) is 5.73 Å². The van der Waals surface area contributed by atoms with Gasteiger partial charge in [-0.1, -0.05) is 44.9 Å². The molecule has 0 saturated heterocycles. The zero-order valence-electron chi connectivity index (χ0n) is 12.3. The van der Waals surface area contributed by atoms with Gasteiger partial charge >= 0.3 is 0 Å². The molecular weight excluding hydrogens is 236 g/mol. The van der Waals surface area contributed by atoms with E-state index in [1.165, 1.54) is 57.8 Å². The largest absolute Gasteiger partial charge is 0.355 e. The Bertz CT molecular complexity index is 276. The van der Waals surface area contributed by atoms with E-state index in [-0.39, 0.29) is 11.3 Å². The van der Waals surface area contributed by atoms with Gasteiger partial charge in [-0.2, -0.15) is 0 Å². The second-order valence-electron chi connectivity index (χ2n) is 6.67. The molecular formula is C16H30N2O.